The zero-order valence-corrected chi connectivity index (χ0v) is 12.5. The van der Waals surface area contributed by atoms with Crippen molar-refractivity contribution in [3.8, 4) is 0 Å². The number of aryl methyl sites for hydroxylation is 1. The van der Waals surface area contributed by atoms with Crippen molar-refractivity contribution >= 4 is 5.91 Å². The third-order valence-electron chi connectivity index (χ3n) is 4.01. The van der Waals surface area contributed by atoms with Crippen LogP contribution in [0, 0.1) is 12.8 Å². The van der Waals surface area contributed by atoms with E-state index in [2.05, 4.69) is 24.2 Å². The molecule has 0 unspecified atom stereocenters. The molecule has 0 aliphatic heterocycles. The Bertz CT molecular complexity index is 617. The highest BCUT2D eigenvalue weighted by Gasteiger charge is 2.31. The highest BCUT2D eigenvalue weighted by Crippen LogP contribution is 2.33. The average Bonchev–Trinajstić information content (AvgIpc) is 3.23. The van der Waals surface area contributed by atoms with Crippen LogP contribution in [0.2, 0.25) is 0 Å². The molecule has 0 spiro atoms. The molecule has 1 aliphatic carbocycles. The summed E-state index contributed by atoms with van der Waals surface area (Å²) in [6, 6.07) is 11.9. The van der Waals surface area contributed by atoms with Gasteiger partial charge in [0.1, 0.15) is 5.76 Å². The molecule has 0 radical (unpaired) electrons. The van der Waals surface area contributed by atoms with E-state index >= 15 is 0 Å². The molecule has 110 valence electrons. The van der Waals surface area contributed by atoms with Crippen LogP contribution in [-0.2, 0) is 0 Å². The zero-order valence-electron chi connectivity index (χ0n) is 12.5. The summed E-state index contributed by atoms with van der Waals surface area (Å²) in [5.41, 5.74) is 1.54. The Labute approximate surface area is 124 Å². The smallest absolute Gasteiger partial charge is 0.276 e. The van der Waals surface area contributed by atoms with E-state index in [0.717, 1.165) is 12.1 Å². The minimum atomic E-state index is -0.0462. The van der Waals surface area contributed by atoms with E-state index in [9.17, 15) is 4.79 Å². The molecule has 0 N–H and O–H groups in total. The minimum absolute atomic E-state index is 0.0382. The third kappa shape index (κ3) is 3.15. The van der Waals surface area contributed by atoms with Crippen molar-refractivity contribution < 1.29 is 9.32 Å². The lowest BCUT2D eigenvalue weighted by molar-refractivity contribution is 0.0669. The number of carbonyl (C=O) groups excluding carboxylic acids is 1. The quantitative estimate of drug-likeness (QED) is 0.842. The van der Waals surface area contributed by atoms with Gasteiger partial charge in [0.25, 0.3) is 5.91 Å². The maximum absolute atomic E-state index is 12.7. The first-order valence-electron chi connectivity index (χ1n) is 7.44. The molecule has 1 amide bonds. The number of hydrogen-bond donors (Lipinski definition) is 0. The molecule has 21 heavy (non-hydrogen) atoms. The number of amides is 1. The second kappa shape index (κ2) is 5.72. The van der Waals surface area contributed by atoms with E-state index in [1.54, 1.807) is 13.0 Å². The summed E-state index contributed by atoms with van der Waals surface area (Å²) in [7, 11) is 0. The Balaban J connectivity index is 1.84. The zero-order chi connectivity index (χ0) is 14.8. The molecule has 1 fully saturated rings. The van der Waals surface area contributed by atoms with Crippen LogP contribution in [0.4, 0.5) is 0 Å². The monoisotopic (exact) mass is 284 g/mol. The number of carbonyl (C=O) groups is 1. The summed E-state index contributed by atoms with van der Waals surface area (Å²) in [5.74, 6) is 1.25. The Morgan fingerprint density at radius 2 is 2.10 bits per heavy atom. The first-order chi connectivity index (χ1) is 10.1. The van der Waals surface area contributed by atoms with Crippen molar-refractivity contribution in [1.82, 2.24) is 10.1 Å². The first-order valence-corrected chi connectivity index (χ1v) is 7.44. The van der Waals surface area contributed by atoms with Gasteiger partial charge in [0, 0.05) is 12.6 Å². The fourth-order valence-electron chi connectivity index (χ4n) is 2.52. The van der Waals surface area contributed by atoms with E-state index in [0.29, 0.717) is 17.4 Å². The normalized spacial score (nSPS) is 15.7. The molecule has 4 nitrogen and oxygen atoms in total. The van der Waals surface area contributed by atoms with Crippen molar-refractivity contribution in [2.75, 3.05) is 6.54 Å². The van der Waals surface area contributed by atoms with Gasteiger partial charge in [-0.25, -0.2) is 0 Å². The van der Waals surface area contributed by atoms with Gasteiger partial charge in [-0.2, -0.15) is 0 Å². The lowest BCUT2D eigenvalue weighted by Crippen LogP contribution is -2.35. The number of hydrogen-bond acceptors (Lipinski definition) is 3. The summed E-state index contributed by atoms with van der Waals surface area (Å²) < 4.78 is 5.04. The molecule has 1 aromatic carbocycles. The Morgan fingerprint density at radius 1 is 1.38 bits per heavy atom. The van der Waals surface area contributed by atoms with Crippen LogP contribution in [0.15, 0.2) is 40.9 Å². The number of aromatic nitrogens is 1. The highest BCUT2D eigenvalue weighted by atomic mass is 16.5. The number of nitrogens with zero attached hydrogens (tertiary/aromatic N) is 2. The summed E-state index contributed by atoms with van der Waals surface area (Å²) in [6.07, 6.45) is 2.42. The maximum Gasteiger partial charge on any atom is 0.276 e. The summed E-state index contributed by atoms with van der Waals surface area (Å²) in [6.45, 7) is 4.67. The van der Waals surface area contributed by atoms with E-state index in [4.69, 9.17) is 4.52 Å². The van der Waals surface area contributed by atoms with Crippen LogP contribution in [0.25, 0.3) is 0 Å². The largest absolute Gasteiger partial charge is 0.361 e. The van der Waals surface area contributed by atoms with E-state index in [1.165, 1.54) is 12.8 Å². The highest BCUT2D eigenvalue weighted by molar-refractivity contribution is 5.92. The third-order valence-corrected chi connectivity index (χ3v) is 4.01. The fourth-order valence-corrected chi connectivity index (χ4v) is 2.52. The van der Waals surface area contributed by atoms with E-state index in [-0.39, 0.29) is 11.9 Å². The second-order valence-electron chi connectivity index (χ2n) is 5.81. The Hall–Kier alpha value is -2.10. The van der Waals surface area contributed by atoms with Gasteiger partial charge in [0.15, 0.2) is 5.69 Å². The first kappa shape index (κ1) is 13.9. The van der Waals surface area contributed by atoms with Gasteiger partial charge in [-0.1, -0.05) is 35.5 Å². The Kier molecular flexibility index (Phi) is 3.78. The molecular weight excluding hydrogens is 264 g/mol. The van der Waals surface area contributed by atoms with Crippen LogP contribution in [0.5, 0.6) is 0 Å². The molecule has 1 aliphatic rings. The standard InChI is InChI=1S/C17H20N2O2/c1-12-10-16(18-21-12)17(20)19(11-14-8-9-14)13(2)15-6-4-3-5-7-15/h3-7,10,13-14H,8-9,11H2,1-2H3/t13-/m0/s1. The SMILES string of the molecule is Cc1cc(C(=O)N(CC2CC2)[C@@H](C)c2ccccc2)no1. The maximum atomic E-state index is 12.7. The van der Waals surface area contributed by atoms with Crippen LogP contribution >= 0.6 is 0 Å². The molecule has 1 aromatic heterocycles. The lowest BCUT2D eigenvalue weighted by Gasteiger charge is -2.29. The number of rotatable bonds is 5. The molecule has 1 saturated carbocycles. The lowest BCUT2D eigenvalue weighted by atomic mass is 10.1. The van der Waals surface area contributed by atoms with Crippen LogP contribution in [0.1, 0.15) is 47.6 Å². The fraction of sp³-hybridized carbons (Fsp3) is 0.412. The van der Waals surface area contributed by atoms with Crippen LogP contribution < -0.4 is 0 Å². The summed E-state index contributed by atoms with van der Waals surface area (Å²) in [5, 5.41) is 3.87. The van der Waals surface area contributed by atoms with Crippen molar-refractivity contribution in [2.24, 2.45) is 5.92 Å². The van der Waals surface area contributed by atoms with Gasteiger partial charge in [-0.05, 0) is 38.2 Å². The predicted octanol–water partition coefficient (Wildman–Crippen LogP) is 3.60. The molecular formula is C17H20N2O2. The molecule has 2 aromatic rings. The van der Waals surface area contributed by atoms with Crippen molar-refractivity contribution in [3.05, 3.63) is 53.4 Å². The van der Waals surface area contributed by atoms with Crippen LogP contribution in [-0.4, -0.2) is 22.5 Å². The van der Waals surface area contributed by atoms with Gasteiger partial charge in [0.05, 0.1) is 6.04 Å². The second-order valence-corrected chi connectivity index (χ2v) is 5.81. The minimum Gasteiger partial charge on any atom is -0.361 e. The molecule has 1 atom stereocenters. The van der Waals surface area contributed by atoms with Gasteiger partial charge in [-0.3, -0.25) is 4.79 Å². The molecule has 3 rings (SSSR count). The molecule has 0 bridgehead atoms. The Morgan fingerprint density at radius 3 is 2.67 bits per heavy atom. The summed E-state index contributed by atoms with van der Waals surface area (Å²) >= 11 is 0. The molecule has 4 heteroatoms. The van der Waals surface area contributed by atoms with Gasteiger partial charge in [-0.15, -0.1) is 0 Å². The van der Waals surface area contributed by atoms with Gasteiger partial charge >= 0.3 is 0 Å². The molecule has 1 heterocycles. The van der Waals surface area contributed by atoms with Crippen LogP contribution in [0.3, 0.4) is 0 Å². The van der Waals surface area contributed by atoms with Gasteiger partial charge in [0.2, 0.25) is 0 Å². The van der Waals surface area contributed by atoms with Crippen molar-refractivity contribution in [2.45, 2.75) is 32.7 Å². The van der Waals surface area contributed by atoms with Crippen molar-refractivity contribution in [1.29, 1.82) is 0 Å². The predicted molar refractivity (Wildman–Crippen MR) is 79.9 cm³/mol. The number of benzene rings is 1. The van der Waals surface area contributed by atoms with E-state index < -0.39 is 0 Å². The average molecular weight is 284 g/mol. The van der Waals surface area contributed by atoms with E-state index in [1.807, 2.05) is 23.1 Å². The van der Waals surface area contributed by atoms with Gasteiger partial charge < -0.3 is 9.42 Å². The topological polar surface area (TPSA) is 46.3 Å². The molecule has 0 saturated heterocycles. The summed E-state index contributed by atoms with van der Waals surface area (Å²) in [4.78, 5) is 14.7. The van der Waals surface area contributed by atoms with Crippen molar-refractivity contribution in [3.63, 3.8) is 0 Å².